The highest BCUT2D eigenvalue weighted by atomic mass is 35.5. The summed E-state index contributed by atoms with van der Waals surface area (Å²) in [6.07, 6.45) is 5.20. The smallest absolute Gasteiger partial charge is 0.258 e. The molecular formula is C20H24ClFN4O2. The molecular weight excluding hydrogens is 383 g/mol. The van der Waals surface area contributed by atoms with E-state index < -0.39 is 5.82 Å². The SMILES string of the molecule is O=C(COc1ccc(Cl)c(F)c1)NC12CC(NC3=NCCN4CCCC34)(C1)C2. The van der Waals surface area contributed by atoms with E-state index in [2.05, 4.69) is 15.5 Å². The second-order valence-electron chi connectivity index (χ2n) is 8.59. The number of nitrogens with zero attached hydrogens (tertiary/aromatic N) is 2. The van der Waals surface area contributed by atoms with Crippen LogP contribution >= 0.6 is 11.6 Å². The zero-order valence-corrected chi connectivity index (χ0v) is 16.4. The highest BCUT2D eigenvalue weighted by Crippen LogP contribution is 2.60. The Morgan fingerprint density at radius 1 is 1.32 bits per heavy atom. The van der Waals surface area contributed by atoms with E-state index in [-0.39, 0.29) is 28.6 Å². The zero-order chi connectivity index (χ0) is 19.4. The highest BCUT2D eigenvalue weighted by Gasteiger charge is 2.69. The fourth-order valence-electron chi connectivity index (χ4n) is 5.30. The summed E-state index contributed by atoms with van der Waals surface area (Å²) in [5.41, 5.74) is -0.0266. The van der Waals surface area contributed by atoms with Gasteiger partial charge >= 0.3 is 0 Å². The molecule has 1 unspecified atom stereocenters. The van der Waals surface area contributed by atoms with E-state index in [0.717, 1.165) is 38.2 Å². The first-order valence-electron chi connectivity index (χ1n) is 9.92. The monoisotopic (exact) mass is 406 g/mol. The van der Waals surface area contributed by atoms with Crippen LogP contribution in [0.4, 0.5) is 4.39 Å². The van der Waals surface area contributed by atoms with Crippen molar-refractivity contribution in [3.63, 3.8) is 0 Å². The Labute approximate surface area is 168 Å². The molecule has 1 aromatic rings. The topological polar surface area (TPSA) is 66.0 Å². The van der Waals surface area contributed by atoms with Gasteiger partial charge in [0.15, 0.2) is 6.61 Å². The minimum atomic E-state index is -0.557. The lowest BCUT2D eigenvalue weighted by Crippen LogP contribution is -2.84. The summed E-state index contributed by atoms with van der Waals surface area (Å²) >= 11 is 5.65. The maximum Gasteiger partial charge on any atom is 0.258 e. The van der Waals surface area contributed by atoms with Gasteiger partial charge in [-0.1, -0.05) is 11.6 Å². The summed E-state index contributed by atoms with van der Waals surface area (Å²) < 4.78 is 18.8. The van der Waals surface area contributed by atoms with Gasteiger partial charge in [-0.15, -0.1) is 0 Å². The third-order valence-electron chi connectivity index (χ3n) is 6.44. The molecule has 0 spiro atoms. The Morgan fingerprint density at radius 3 is 2.93 bits per heavy atom. The van der Waals surface area contributed by atoms with E-state index in [0.29, 0.717) is 11.8 Å². The second-order valence-corrected chi connectivity index (χ2v) is 9.00. The normalized spacial score (nSPS) is 33.2. The van der Waals surface area contributed by atoms with Crippen molar-refractivity contribution in [3.05, 3.63) is 29.0 Å². The Bertz CT molecular complexity index is 826. The van der Waals surface area contributed by atoms with Crippen LogP contribution in [-0.4, -0.2) is 60.0 Å². The lowest BCUT2D eigenvalue weighted by atomic mass is 9.44. The van der Waals surface area contributed by atoms with Gasteiger partial charge in [-0.05, 0) is 50.8 Å². The van der Waals surface area contributed by atoms with Gasteiger partial charge in [0.2, 0.25) is 0 Å². The van der Waals surface area contributed by atoms with Crippen LogP contribution in [0.5, 0.6) is 5.75 Å². The number of hydrogen-bond acceptors (Lipinski definition) is 5. The van der Waals surface area contributed by atoms with Crippen molar-refractivity contribution in [2.24, 2.45) is 4.99 Å². The number of benzene rings is 1. The number of carbonyl (C=O) groups excluding carboxylic acids is 1. The molecule has 6 rings (SSSR count). The van der Waals surface area contributed by atoms with E-state index in [1.807, 2.05) is 0 Å². The standard InChI is InChI=1S/C20H24ClFN4O2/c21-14-4-3-13(8-15(14)22)28-9-17(27)24-19-10-20(11-19,12-19)25-18-16-2-1-6-26(16)7-5-23-18/h3-4,8,16H,1-2,5-7,9-12H2,(H,23,25)(H,24,27). The predicted octanol–water partition coefficient (Wildman–Crippen LogP) is 2.12. The van der Waals surface area contributed by atoms with Crippen LogP contribution in [0.1, 0.15) is 32.1 Å². The predicted molar refractivity (Wildman–Crippen MR) is 104 cm³/mol. The third kappa shape index (κ3) is 3.14. The molecule has 1 saturated heterocycles. The van der Waals surface area contributed by atoms with Crippen molar-refractivity contribution in [1.29, 1.82) is 0 Å². The van der Waals surface area contributed by atoms with Crippen LogP contribution < -0.4 is 15.4 Å². The number of amides is 1. The van der Waals surface area contributed by atoms with Crippen molar-refractivity contribution in [2.45, 2.75) is 49.2 Å². The lowest BCUT2D eigenvalue weighted by molar-refractivity contribution is -0.140. The van der Waals surface area contributed by atoms with E-state index >= 15 is 0 Å². The van der Waals surface area contributed by atoms with Gasteiger partial charge in [0, 0.05) is 23.7 Å². The summed E-state index contributed by atoms with van der Waals surface area (Å²) in [5.74, 6) is 0.708. The first-order chi connectivity index (χ1) is 13.5. The minimum Gasteiger partial charge on any atom is -0.484 e. The van der Waals surface area contributed by atoms with Gasteiger partial charge in [-0.2, -0.15) is 0 Å². The number of aliphatic imine (C=N–C) groups is 1. The van der Waals surface area contributed by atoms with Gasteiger partial charge in [0.05, 0.1) is 17.6 Å². The van der Waals surface area contributed by atoms with Crippen molar-refractivity contribution >= 4 is 23.3 Å². The van der Waals surface area contributed by atoms with Gasteiger partial charge in [-0.3, -0.25) is 14.7 Å². The fraction of sp³-hybridized carbons (Fsp3) is 0.600. The van der Waals surface area contributed by atoms with Gasteiger partial charge in [-0.25, -0.2) is 4.39 Å². The van der Waals surface area contributed by atoms with Crippen LogP contribution in [0.2, 0.25) is 5.02 Å². The molecule has 2 bridgehead atoms. The first-order valence-corrected chi connectivity index (χ1v) is 10.3. The molecule has 3 aliphatic carbocycles. The molecule has 4 fully saturated rings. The summed E-state index contributed by atoms with van der Waals surface area (Å²) in [6.45, 7) is 2.99. The molecule has 2 heterocycles. The van der Waals surface area contributed by atoms with E-state index in [9.17, 15) is 9.18 Å². The van der Waals surface area contributed by atoms with Gasteiger partial charge in [0.25, 0.3) is 5.91 Å². The minimum absolute atomic E-state index is 0.0340. The fourth-order valence-corrected chi connectivity index (χ4v) is 5.42. The average molecular weight is 407 g/mol. The number of nitrogens with one attached hydrogen (secondary N) is 2. The van der Waals surface area contributed by atoms with E-state index in [4.69, 9.17) is 21.3 Å². The van der Waals surface area contributed by atoms with Crippen LogP contribution in [0, 0.1) is 5.82 Å². The Hall–Kier alpha value is -1.86. The molecule has 6 nitrogen and oxygen atoms in total. The number of ether oxygens (including phenoxy) is 1. The number of fused-ring (bicyclic) bond motifs is 1. The molecule has 0 radical (unpaired) electrons. The van der Waals surface area contributed by atoms with Crippen LogP contribution in [0.3, 0.4) is 0 Å². The van der Waals surface area contributed by atoms with Crippen LogP contribution in [0.15, 0.2) is 23.2 Å². The second kappa shape index (κ2) is 6.59. The summed E-state index contributed by atoms with van der Waals surface area (Å²) in [4.78, 5) is 19.5. The number of halogens is 2. The highest BCUT2D eigenvalue weighted by molar-refractivity contribution is 6.30. The molecule has 8 heteroatoms. The summed E-state index contributed by atoms with van der Waals surface area (Å²) in [7, 11) is 0. The Balaban J connectivity index is 1.10. The molecule has 28 heavy (non-hydrogen) atoms. The Kier molecular flexibility index (Phi) is 4.28. The number of amidine groups is 1. The molecule has 0 aromatic heterocycles. The molecule has 2 N–H and O–H groups in total. The van der Waals surface area contributed by atoms with E-state index in [1.165, 1.54) is 31.5 Å². The maximum absolute atomic E-state index is 13.4. The Morgan fingerprint density at radius 2 is 2.14 bits per heavy atom. The largest absolute Gasteiger partial charge is 0.484 e. The summed E-state index contributed by atoms with van der Waals surface area (Å²) in [6, 6.07) is 4.62. The molecule has 1 amide bonds. The quantitative estimate of drug-likeness (QED) is 0.786. The van der Waals surface area contributed by atoms with Crippen LogP contribution in [-0.2, 0) is 4.79 Å². The van der Waals surface area contributed by atoms with Gasteiger partial charge < -0.3 is 15.4 Å². The first kappa shape index (κ1) is 18.2. The molecule has 2 aliphatic heterocycles. The van der Waals surface area contributed by atoms with Crippen molar-refractivity contribution in [1.82, 2.24) is 15.5 Å². The number of rotatable bonds is 5. The van der Waals surface area contributed by atoms with E-state index in [1.54, 1.807) is 6.07 Å². The number of hydrogen-bond donors (Lipinski definition) is 2. The summed E-state index contributed by atoms with van der Waals surface area (Å²) in [5, 5.41) is 6.83. The molecule has 1 aromatic carbocycles. The lowest BCUT2D eigenvalue weighted by Gasteiger charge is -2.71. The molecule has 150 valence electrons. The average Bonchev–Trinajstić information content (AvgIpc) is 3.09. The zero-order valence-electron chi connectivity index (χ0n) is 15.6. The molecule has 5 aliphatic rings. The maximum atomic E-state index is 13.4. The van der Waals surface area contributed by atoms with Crippen molar-refractivity contribution in [2.75, 3.05) is 26.2 Å². The third-order valence-corrected chi connectivity index (χ3v) is 6.74. The van der Waals surface area contributed by atoms with Gasteiger partial charge in [0.1, 0.15) is 17.4 Å². The van der Waals surface area contributed by atoms with Crippen LogP contribution in [0.25, 0.3) is 0 Å². The molecule has 3 saturated carbocycles. The molecule has 1 atom stereocenters. The van der Waals surface area contributed by atoms with Crippen molar-refractivity contribution in [3.8, 4) is 5.75 Å². The number of carbonyl (C=O) groups is 1. The van der Waals surface area contributed by atoms with Crippen molar-refractivity contribution < 1.29 is 13.9 Å².